The molecule has 174 valence electrons. The number of benzene rings is 1. The Bertz CT molecular complexity index is 1300. The third-order valence-corrected chi connectivity index (χ3v) is 5.67. The summed E-state index contributed by atoms with van der Waals surface area (Å²) in [4.78, 5) is 25.7. The van der Waals surface area contributed by atoms with Crippen LogP contribution in [0.2, 0.25) is 0 Å². The molecule has 0 aliphatic carbocycles. The molecular weight excluding hydrogens is 459 g/mol. The Labute approximate surface area is 190 Å². The van der Waals surface area contributed by atoms with Gasteiger partial charge in [-0.15, -0.1) is 13.2 Å². The Morgan fingerprint density at radius 3 is 2.79 bits per heavy atom. The van der Waals surface area contributed by atoms with Crippen molar-refractivity contribution in [3.8, 4) is 5.75 Å². The first kappa shape index (κ1) is 22.9. The van der Waals surface area contributed by atoms with E-state index in [0.717, 1.165) is 11.3 Å². The van der Waals surface area contributed by atoms with Gasteiger partial charge in [0.2, 0.25) is 5.95 Å². The molecule has 3 heterocycles. The molecule has 8 nitrogen and oxygen atoms in total. The molecule has 4 aromatic rings. The Morgan fingerprint density at radius 1 is 1.21 bits per heavy atom. The average molecular weight is 479 g/mol. The van der Waals surface area contributed by atoms with Crippen LogP contribution in [0, 0.1) is 0 Å². The van der Waals surface area contributed by atoms with Crippen molar-refractivity contribution in [1.82, 2.24) is 19.5 Å². The van der Waals surface area contributed by atoms with Crippen LogP contribution in [0.5, 0.6) is 5.75 Å². The lowest BCUT2D eigenvalue weighted by atomic mass is 10.1. The van der Waals surface area contributed by atoms with E-state index in [0.29, 0.717) is 64.1 Å². The van der Waals surface area contributed by atoms with E-state index in [1.54, 1.807) is 17.7 Å². The number of hydrogen-bond acceptors (Lipinski definition) is 8. The number of aryl methyl sites for hydroxylation is 1. The van der Waals surface area contributed by atoms with Crippen LogP contribution in [-0.2, 0) is 11.8 Å². The van der Waals surface area contributed by atoms with Crippen LogP contribution < -0.4 is 10.1 Å². The summed E-state index contributed by atoms with van der Waals surface area (Å²) < 4.78 is 48.8. The van der Waals surface area contributed by atoms with Crippen molar-refractivity contribution in [2.24, 2.45) is 7.05 Å². The maximum Gasteiger partial charge on any atom is 0.573 e. The van der Waals surface area contributed by atoms with E-state index in [2.05, 4.69) is 25.0 Å². The topological polar surface area (TPSA) is 91.2 Å². The Morgan fingerprint density at radius 2 is 2.03 bits per heavy atom. The zero-order valence-electron chi connectivity index (χ0n) is 17.8. The molecule has 0 aliphatic rings. The Balaban J connectivity index is 1.53. The number of hydrogen-bond donors (Lipinski definition) is 1. The van der Waals surface area contributed by atoms with Crippen LogP contribution >= 0.6 is 11.3 Å². The third-order valence-electron chi connectivity index (χ3n) is 4.74. The van der Waals surface area contributed by atoms with Crippen LogP contribution in [0.4, 0.5) is 24.3 Å². The highest BCUT2D eigenvalue weighted by molar-refractivity contribution is 7.22. The van der Waals surface area contributed by atoms with Gasteiger partial charge in [0.25, 0.3) is 0 Å². The lowest BCUT2D eigenvalue weighted by Crippen LogP contribution is -2.16. The smallest absolute Gasteiger partial charge is 0.406 e. The standard InChI is InChI=1S/C21H20F3N5O3S/c1-3-31-8-4-5-16(30)12-9-15-18(25-11-12)29(2)19(26-15)28-20-27-14-7-6-13(10-17(14)33-20)32-21(22,23)24/h6-7,9-11H,3-5,8H2,1-2H3,(H,26,27,28). The number of halogens is 3. The van der Waals surface area contributed by atoms with Crippen molar-refractivity contribution in [2.75, 3.05) is 18.5 Å². The second kappa shape index (κ2) is 9.32. The number of alkyl halides is 3. The minimum Gasteiger partial charge on any atom is -0.406 e. The summed E-state index contributed by atoms with van der Waals surface area (Å²) in [5, 5.41) is 3.51. The van der Waals surface area contributed by atoms with E-state index in [9.17, 15) is 18.0 Å². The number of nitrogens with one attached hydrogen (secondary N) is 1. The van der Waals surface area contributed by atoms with E-state index >= 15 is 0 Å². The van der Waals surface area contributed by atoms with Gasteiger partial charge in [-0.25, -0.2) is 15.0 Å². The first-order chi connectivity index (χ1) is 15.7. The number of Topliss-reactive ketones (excluding diaryl/α,β-unsaturated/α-hetero) is 1. The van der Waals surface area contributed by atoms with Crippen molar-refractivity contribution in [2.45, 2.75) is 26.1 Å². The number of pyridine rings is 1. The number of rotatable bonds is 9. The molecule has 4 rings (SSSR count). The molecule has 33 heavy (non-hydrogen) atoms. The molecule has 0 radical (unpaired) electrons. The Kier molecular flexibility index (Phi) is 6.47. The van der Waals surface area contributed by atoms with Gasteiger partial charge in [-0.2, -0.15) is 0 Å². The van der Waals surface area contributed by atoms with Crippen LogP contribution in [0.15, 0.2) is 30.5 Å². The fourth-order valence-electron chi connectivity index (χ4n) is 3.21. The predicted molar refractivity (Wildman–Crippen MR) is 118 cm³/mol. The van der Waals surface area contributed by atoms with Gasteiger partial charge in [0.05, 0.1) is 10.2 Å². The third kappa shape index (κ3) is 5.40. The van der Waals surface area contributed by atoms with Gasteiger partial charge in [-0.05, 0) is 31.5 Å². The summed E-state index contributed by atoms with van der Waals surface area (Å²) in [5.41, 5.74) is 2.11. The van der Waals surface area contributed by atoms with E-state index in [1.807, 2.05) is 6.92 Å². The van der Waals surface area contributed by atoms with Crippen molar-refractivity contribution >= 4 is 49.6 Å². The van der Waals surface area contributed by atoms with E-state index in [-0.39, 0.29) is 11.5 Å². The number of aromatic nitrogens is 4. The number of nitrogens with zero attached hydrogens (tertiary/aromatic N) is 4. The molecule has 0 aliphatic heterocycles. The molecule has 0 unspecified atom stereocenters. The quantitative estimate of drug-likeness (QED) is 0.260. The molecule has 12 heteroatoms. The number of anilines is 2. The monoisotopic (exact) mass is 479 g/mol. The second-order valence-electron chi connectivity index (χ2n) is 7.11. The minimum atomic E-state index is -4.76. The van der Waals surface area contributed by atoms with Gasteiger partial charge < -0.3 is 14.8 Å². The summed E-state index contributed by atoms with van der Waals surface area (Å²) in [6, 6.07) is 5.64. The summed E-state index contributed by atoms with van der Waals surface area (Å²) in [6.07, 6.45) is -2.25. The maximum atomic E-state index is 12.5. The van der Waals surface area contributed by atoms with E-state index in [1.165, 1.54) is 24.4 Å². The molecule has 0 saturated carbocycles. The summed E-state index contributed by atoms with van der Waals surface area (Å²) in [5.74, 6) is 0.0900. The van der Waals surface area contributed by atoms with Crippen LogP contribution in [0.1, 0.15) is 30.1 Å². The highest BCUT2D eigenvalue weighted by atomic mass is 32.1. The van der Waals surface area contributed by atoms with Crippen molar-refractivity contribution in [1.29, 1.82) is 0 Å². The average Bonchev–Trinajstić information content (AvgIpc) is 3.29. The van der Waals surface area contributed by atoms with Crippen LogP contribution in [0.25, 0.3) is 21.4 Å². The zero-order chi connectivity index (χ0) is 23.6. The molecule has 0 saturated heterocycles. The summed E-state index contributed by atoms with van der Waals surface area (Å²) in [7, 11) is 1.76. The SMILES string of the molecule is CCOCCCC(=O)c1cnc2c(c1)nc(Nc1nc3ccc(OC(F)(F)F)cc3s1)n2C. The lowest BCUT2D eigenvalue weighted by Gasteiger charge is -2.07. The summed E-state index contributed by atoms with van der Waals surface area (Å²) >= 11 is 1.16. The van der Waals surface area contributed by atoms with Gasteiger partial charge in [0.15, 0.2) is 16.6 Å². The van der Waals surface area contributed by atoms with Gasteiger partial charge >= 0.3 is 6.36 Å². The van der Waals surface area contributed by atoms with Gasteiger partial charge in [0, 0.05) is 44.5 Å². The number of ether oxygens (including phenoxy) is 2. The molecule has 0 spiro atoms. The highest BCUT2D eigenvalue weighted by Gasteiger charge is 2.31. The van der Waals surface area contributed by atoms with Crippen molar-refractivity contribution < 1.29 is 27.4 Å². The molecule has 0 bridgehead atoms. The number of carbonyl (C=O) groups excluding carboxylic acids is 1. The predicted octanol–water partition coefficient (Wildman–Crippen LogP) is 5.22. The number of fused-ring (bicyclic) bond motifs is 2. The molecular formula is C21H20F3N5O3S. The van der Waals surface area contributed by atoms with Gasteiger partial charge in [-0.1, -0.05) is 11.3 Å². The largest absolute Gasteiger partial charge is 0.573 e. The number of ketones is 1. The normalized spacial score (nSPS) is 11.9. The van der Waals surface area contributed by atoms with Gasteiger partial charge in [-0.3, -0.25) is 9.36 Å². The fourth-order valence-corrected chi connectivity index (χ4v) is 4.10. The maximum absolute atomic E-state index is 12.5. The summed E-state index contributed by atoms with van der Waals surface area (Å²) in [6.45, 7) is 3.05. The van der Waals surface area contributed by atoms with Crippen molar-refractivity contribution in [3.63, 3.8) is 0 Å². The van der Waals surface area contributed by atoms with Crippen LogP contribution in [0.3, 0.4) is 0 Å². The Hall–Kier alpha value is -3.25. The van der Waals surface area contributed by atoms with Crippen LogP contribution in [-0.4, -0.2) is 44.9 Å². The lowest BCUT2D eigenvalue weighted by molar-refractivity contribution is -0.274. The van der Waals surface area contributed by atoms with E-state index in [4.69, 9.17) is 4.74 Å². The number of thiazole rings is 1. The molecule has 3 aromatic heterocycles. The van der Waals surface area contributed by atoms with Crippen molar-refractivity contribution in [3.05, 3.63) is 36.0 Å². The van der Waals surface area contributed by atoms with Gasteiger partial charge in [0.1, 0.15) is 11.3 Å². The molecule has 0 atom stereocenters. The first-order valence-corrected chi connectivity index (χ1v) is 10.9. The fraction of sp³-hybridized carbons (Fsp3) is 0.333. The van der Waals surface area contributed by atoms with E-state index < -0.39 is 6.36 Å². The molecule has 1 N–H and O–H groups in total. The molecule has 0 fully saturated rings. The zero-order valence-corrected chi connectivity index (χ0v) is 18.6. The number of imidazole rings is 1. The number of carbonyl (C=O) groups is 1. The first-order valence-electron chi connectivity index (χ1n) is 10.1. The molecule has 1 aromatic carbocycles. The minimum absolute atomic E-state index is 0.0349. The highest BCUT2D eigenvalue weighted by Crippen LogP contribution is 2.33. The molecule has 0 amide bonds. The second-order valence-corrected chi connectivity index (χ2v) is 8.14.